The van der Waals surface area contributed by atoms with E-state index < -0.39 is 29.8 Å². The molecular formula is C95H110F5O15S5. The van der Waals surface area contributed by atoms with Crippen LogP contribution in [0.1, 0.15) is 215 Å². The molecule has 10 rings (SSSR count). The number of esters is 5. The summed E-state index contributed by atoms with van der Waals surface area (Å²) in [4.78, 5) is 63.8. The molecule has 10 aromatic carbocycles. The number of rotatable bonds is 40. The Morgan fingerprint density at radius 2 is 0.308 bits per heavy atom. The van der Waals surface area contributed by atoms with Gasteiger partial charge in [-0.2, -0.15) is 0 Å². The fourth-order valence-corrected chi connectivity index (χ4v) is 11.1. The third kappa shape index (κ3) is 44.9. The highest BCUT2D eigenvalue weighted by molar-refractivity contribution is 7.81. The number of carbonyl (C=O) groups excluding carboxylic acids is 5. The summed E-state index contributed by atoms with van der Waals surface area (Å²) in [5, 5.41) is 0. The van der Waals surface area contributed by atoms with E-state index in [0.717, 1.165) is 60.9 Å². The fourth-order valence-electron chi connectivity index (χ4n) is 10.4. The molecule has 0 unspecified atom stereocenters. The molecule has 0 amide bonds. The van der Waals surface area contributed by atoms with Gasteiger partial charge in [0.15, 0.2) is 0 Å². The van der Waals surface area contributed by atoms with Crippen LogP contribution in [0, 0.1) is 0 Å². The second-order valence-corrected chi connectivity index (χ2v) is 28.8. The molecular weight excluding hydrogens is 1640 g/mol. The minimum absolute atomic E-state index is 0. The second-order valence-electron chi connectivity index (χ2n) is 26.5. The minimum Gasteiger partial charge on any atom is -0.494 e. The van der Waals surface area contributed by atoms with Gasteiger partial charge < -0.3 is 47.4 Å². The van der Waals surface area contributed by atoms with Crippen LogP contribution >= 0.6 is 63.1 Å². The van der Waals surface area contributed by atoms with E-state index in [4.69, 9.17) is 111 Å². The molecule has 0 saturated heterocycles. The van der Waals surface area contributed by atoms with Crippen molar-refractivity contribution in [2.24, 2.45) is 0 Å². The normalized spacial score (nSPS) is 9.88. The molecule has 10 aromatic rings. The molecule has 645 valence electrons. The van der Waals surface area contributed by atoms with Crippen molar-refractivity contribution in [3.8, 4) is 57.5 Å². The summed E-state index contributed by atoms with van der Waals surface area (Å²) in [7, 11) is 0. The Kier molecular flexibility index (Phi) is 57.5. The van der Waals surface area contributed by atoms with Crippen molar-refractivity contribution in [1.29, 1.82) is 0 Å². The summed E-state index contributed by atoms with van der Waals surface area (Å²) >= 11 is 25.0. The van der Waals surface area contributed by atoms with Crippen LogP contribution in [0.25, 0.3) is 0 Å². The number of hydrogen-bond donors (Lipinski definition) is 0. The highest BCUT2D eigenvalue weighted by Gasteiger charge is 2.15. The van der Waals surface area contributed by atoms with Crippen molar-refractivity contribution in [3.05, 3.63) is 270 Å². The van der Waals surface area contributed by atoms with Crippen molar-refractivity contribution < 1.29 is 94.9 Å². The predicted molar refractivity (Wildman–Crippen MR) is 479 cm³/mol. The zero-order valence-electron chi connectivity index (χ0n) is 68.5. The van der Waals surface area contributed by atoms with Crippen LogP contribution in [0.3, 0.4) is 0 Å². The maximum Gasteiger partial charge on any atom is 0.343 e. The number of ether oxygens (including phenoxy) is 10. The van der Waals surface area contributed by atoms with E-state index in [1.807, 2.05) is 0 Å². The topological polar surface area (TPSA) is 178 Å². The van der Waals surface area contributed by atoms with Crippen LogP contribution in [0.4, 0.5) is 23.5 Å². The molecule has 0 aliphatic rings. The van der Waals surface area contributed by atoms with Crippen molar-refractivity contribution in [3.63, 3.8) is 0 Å². The lowest BCUT2D eigenvalue weighted by atomic mass is 10.2. The molecule has 120 heavy (non-hydrogen) atoms. The van der Waals surface area contributed by atoms with Gasteiger partial charge in [0, 0.05) is 24.5 Å². The maximum atomic E-state index is 12.1. The molecule has 0 aliphatic carbocycles. The lowest BCUT2D eigenvalue weighted by Crippen LogP contribution is -2.08. The highest BCUT2D eigenvalue weighted by Crippen LogP contribution is 2.25. The first-order chi connectivity index (χ1) is 55.9. The Morgan fingerprint density at radius 1 is 0.183 bits per heavy atom. The van der Waals surface area contributed by atoms with Crippen LogP contribution < -0.4 is 47.4 Å². The highest BCUT2D eigenvalue weighted by atomic mass is 32.1. The van der Waals surface area contributed by atoms with E-state index in [1.165, 1.54) is 96.3 Å². The smallest absolute Gasteiger partial charge is 0.343 e. The van der Waals surface area contributed by atoms with Crippen LogP contribution in [0.5, 0.6) is 57.5 Å². The van der Waals surface area contributed by atoms with Gasteiger partial charge in [0.1, 0.15) is 57.5 Å². The maximum absolute atomic E-state index is 12.1. The molecule has 15 nitrogen and oxygen atoms in total. The Labute approximate surface area is 731 Å². The van der Waals surface area contributed by atoms with Crippen LogP contribution in [-0.4, -0.2) is 62.9 Å². The Hall–Kier alpha value is -10.7. The fraction of sp³-hybridized carbons (Fsp3) is 0.316. The summed E-state index contributed by atoms with van der Waals surface area (Å²) in [6.45, 7) is 14.5. The molecule has 0 spiro atoms. The van der Waals surface area contributed by atoms with Gasteiger partial charge in [-0.3, -0.25) is 23.5 Å². The van der Waals surface area contributed by atoms with E-state index in [0.29, 0.717) is 114 Å². The number of carbonyl (C=O) groups is 5. The van der Waals surface area contributed by atoms with Gasteiger partial charge >= 0.3 is 29.8 Å². The van der Waals surface area contributed by atoms with Crippen molar-refractivity contribution in [2.45, 2.75) is 188 Å². The quantitative estimate of drug-likeness (QED) is 0.0153. The lowest BCUT2D eigenvalue weighted by Gasteiger charge is -2.07. The standard InChI is InChI=1S/5C19H21O3S.5FH/c5*1-2-3-4-5-14-21-16-8-6-15(7-9-16)19(20)22-17-10-12-18(23)13-11-17;;;;;/h5*6-13H,2-5,14H2,1H3;5*1H. The van der Waals surface area contributed by atoms with E-state index in [2.05, 4.69) is 34.6 Å². The molecule has 25 heteroatoms. The summed E-state index contributed by atoms with van der Waals surface area (Å²) in [5.74, 6) is 4.33. The molecule has 0 N–H and O–H groups in total. The van der Waals surface area contributed by atoms with Crippen molar-refractivity contribution >= 4 is 93.0 Å². The number of hydrogen-bond acceptors (Lipinski definition) is 15. The van der Waals surface area contributed by atoms with Crippen molar-refractivity contribution in [2.75, 3.05) is 33.0 Å². The molecule has 0 aliphatic heterocycles. The van der Waals surface area contributed by atoms with Crippen LogP contribution in [-0.2, 0) is 0 Å². The molecule has 0 fully saturated rings. The first kappa shape index (κ1) is 107. The summed E-state index contributed by atoms with van der Waals surface area (Å²) < 4.78 is 54.7. The number of benzene rings is 10. The van der Waals surface area contributed by atoms with Crippen LogP contribution in [0.15, 0.2) is 267 Å². The summed E-state index contributed by atoms with van der Waals surface area (Å²) in [6.07, 6.45) is 23.4. The number of unbranched alkanes of at least 4 members (excludes halogenated alkanes) is 15. The average molecular weight is 1750 g/mol. The third-order valence-electron chi connectivity index (χ3n) is 17.0. The minimum atomic E-state index is -0.392. The zero-order valence-corrected chi connectivity index (χ0v) is 72.6. The van der Waals surface area contributed by atoms with Gasteiger partial charge in [-0.05, 0) is 275 Å². The van der Waals surface area contributed by atoms with Crippen molar-refractivity contribution in [1.82, 2.24) is 0 Å². The Bertz CT molecular complexity index is 3710. The molecule has 5 radical (unpaired) electrons. The Morgan fingerprint density at radius 3 is 0.433 bits per heavy atom. The third-order valence-corrected chi connectivity index (χ3v) is 18.3. The molecule has 0 aromatic heterocycles. The number of halogens is 5. The van der Waals surface area contributed by atoms with E-state index in [-0.39, 0.29) is 23.5 Å². The first-order valence-corrected chi connectivity index (χ1v) is 41.6. The predicted octanol–water partition coefficient (Wildman–Crippen LogP) is 27.9. The monoisotopic (exact) mass is 1750 g/mol. The average Bonchev–Trinajstić information content (AvgIpc) is 0.887. The van der Waals surface area contributed by atoms with E-state index in [9.17, 15) is 24.0 Å². The largest absolute Gasteiger partial charge is 0.494 e. The van der Waals surface area contributed by atoms with Gasteiger partial charge in [-0.1, -0.05) is 194 Å². The molecule has 0 saturated carbocycles. The SMILES string of the molecule is CCCCCCOc1ccc(C(=O)Oc2ccc([S])cc2)cc1.CCCCCCOc1ccc(C(=O)Oc2ccc([S])cc2)cc1.CCCCCCOc1ccc(C(=O)Oc2ccc([S])cc2)cc1.CCCCCCOc1ccc(C(=O)Oc2ccc([S])cc2)cc1.CCCCCCOc1ccc(C(=O)Oc2ccc([S])cc2)cc1.F.F.F.F.F. The van der Waals surface area contributed by atoms with Crippen LogP contribution in [0.2, 0.25) is 0 Å². The van der Waals surface area contributed by atoms with Gasteiger partial charge in [0.05, 0.1) is 60.9 Å². The molecule has 0 bridgehead atoms. The Balaban J connectivity index is 0.000000742. The van der Waals surface area contributed by atoms with Gasteiger partial charge in [0.25, 0.3) is 0 Å². The van der Waals surface area contributed by atoms with E-state index in [1.54, 1.807) is 243 Å². The molecule has 0 heterocycles. The van der Waals surface area contributed by atoms with Gasteiger partial charge in [0.2, 0.25) is 0 Å². The molecule has 0 atom stereocenters. The summed E-state index contributed by atoms with van der Waals surface area (Å²) in [5.41, 5.74) is 2.46. The zero-order chi connectivity index (χ0) is 82.5. The summed E-state index contributed by atoms with van der Waals surface area (Å²) in [6, 6.07) is 69.3. The van der Waals surface area contributed by atoms with Gasteiger partial charge in [-0.15, -0.1) is 0 Å². The lowest BCUT2D eigenvalue weighted by molar-refractivity contribution is 0.0725. The first-order valence-electron chi connectivity index (χ1n) is 39.5. The van der Waals surface area contributed by atoms with Gasteiger partial charge in [-0.25, -0.2) is 24.0 Å². The second kappa shape index (κ2) is 64.3. The van der Waals surface area contributed by atoms with E-state index >= 15 is 0 Å².